The zero-order valence-electron chi connectivity index (χ0n) is 11.2. The van der Waals surface area contributed by atoms with E-state index in [2.05, 4.69) is 0 Å². The molecule has 0 radical (unpaired) electrons. The van der Waals surface area contributed by atoms with Crippen LogP contribution in [0.25, 0.3) is 0 Å². The Morgan fingerprint density at radius 2 is 1.36 bits per heavy atom. The minimum Gasteiger partial charge on any atom is -0.507 e. The Balaban J connectivity index is 2.28. The second-order valence-corrected chi connectivity index (χ2v) is 4.58. The molecule has 2 aromatic rings. The molecule has 0 amide bonds. The predicted octanol–water partition coefficient (Wildman–Crippen LogP) is 3.87. The maximum absolute atomic E-state index is 12.9. The van der Waals surface area contributed by atoms with Crippen LogP contribution in [0.3, 0.4) is 0 Å². The van der Waals surface area contributed by atoms with Gasteiger partial charge in [0.05, 0.1) is 17.5 Å². The molecule has 0 saturated heterocycles. The first-order valence-corrected chi connectivity index (χ1v) is 6.31. The third kappa shape index (κ3) is 3.33. The number of phenols is 1. The van der Waals surface area contributed by atoms with Crippen LogP contribution < -0.4 is 0 Å². The number of carbonyl (C=O) groups excluding carboxylic acids is 2. The van der Waals surface area contributed by atoms with Gasteiger partial charge in [-0.2, -0.15) is 13.2 Å². The van der Waals surface area contributed by atoms with Gasteiger partial charge in [0, 0.05) is 5.56 Å². The number of benzene rings is 2. The van der Waals surface area contributed by atoms with Crippen molar-refractivity contribution in [2.24, 2.45) is 0 Å². The van der Waals surface area contributed by atoms with Crippen LogP contribution in [0.1, 0.15) is 32.7 Å². The Hall–Kier alpha value is -2.63. The molecule has 6 heteroatoms. The first kappa shape index (κ1) is 15.8. The highest BCUT2D eigenvalue weighted by Crippen LogP contribution is 2.32. The average Bonchev–Trinajstić information content (AvgIpc) is 2.46. The number of Topliss-reactive ketones (excluding diaryl/α,β-unsaturated/α-hetero) is 2. The van der Waals surface area contributed by atoms with E-state index in [1.165, 1.54) is 36.4 Å². The molecule has 2 aromatic carbocycles. The van der Waals surface area contributed by atoms with E-state index in [4.69, 9.17) is 0 Å². The van der Waals surface area contributed by atoms with Gasteiger partial charge >= 0.3 is 6.18 Å². The fraction of sp³-hybridized carbons (Fsp3) is 0.125. The van der Waals surface area contributed by atoms with E-state index in [1.54, 1.807) is 0 Å². The molecule has 0 heterocycles. The first-order valence-electron chi connectivity index (χ1n) is 6.31. The molecule has 1 N–H and O–H groups in total. The molecular formula is C16H11F3O3. The highest BCUT2D eigenvalue weighted by molar-refractivity contribution is 6.14. The average molecular weight is 308 g/mol. The topological polar surface area (TPSA) is 54.4 Å². The van der Waals surface area contributed by atoms with Crippen LogP contribution >= 0.6 is 0 Å². The molecule has 0 fully saturated rings. The van der Waals surface area contributed by atoms with E-state index in [1.807, 2.05) is 0 Å². The summed E-state index contributed by atoms with van der Waals surface area (Å²) in [5, 5.41) is 9.54. The second-order valence-electron chi connectivity index (χ2n) is 4.58. The molecular weight excluding hydrogens is 297 g/mol. The third-order valence-electron chi connectivity index (χ3n) is 3.06. The number of para-hydroxylation sites is 1. The fourth-order valence-electron chi connectivity index (χ4n) is 2.02. The van der Waals surface area contributed by atoms with Crippen molar-refractivity contribution >= 4 is 11.6 Å². The number of halogens is 3. The SMILES string of the molecule is O=C(CC(=O)c1ccccc1C(F)(F)F)c1ccccc1O. The molecule has 0 aliphatic carbocycles. The van der Waals surface area contributed by atoms with Crippen molar-refractivity contribution in [2.75, 3.05) is 0 Å². The number of hydrogen-bond acceptors (Lipinski definition) is 3. The number of aromatic hydroxyl groups is 1. The monoisotopic (exact) mass is 308 g/mol. The summed E-state index contributed by atoms with van der Waals surface area (Å²) < 4.78 is 38.6. The van der Waals surface area contributed by atoms with Crippen molar-refractivity contribution in [1.29, 1.82) is 0 Å². The van der Waals surface area contributed by atoms with E-state index in [-0.39, 0.29) is 11.3 Å². The molecule has 0 aromatic heterocycles. The summed E-state index contributed by atoms with van der Waals surface area (Å²) in [5.41, 5.74) is -1.73. The fourth-order valence-corrected chi connectivity index (χ4v) is 2.02. The third-order valence-corrected chi connectivity index (χ3v) is 3.06. The van der Waals surface area contributed by atoms with Crippen molar-refractivity contribution in [2.45, 2.75) is 12.6 Å². The number of phenolic OH excluding ortho intramolecular Hbond substituents is 1. The minimum atomic E-state index is -4.68. The summed E-state index contributed by atoms with van der Waals surface area (Å²) in [7, 11) is 0. The number of carbonyl (C=O) groups is 2. The zero-order chi connectivity index (χ0) is 16.3. The Morgan fingerprint density at radius 1 is 0.864 bits per heavy atom. The maximum Gasteiger partial charge on any atom is 0.417 e. The smallest absolute Gasteiger partial charge is 0.417 e. The van der Waals surface area contributed by atoms with E-state index >= 15 is 0 Å². The molecule has 0 bridgehead atoms. The van der Waals surface area contributed by atoms with Crippen LogP contribution in [0.15, 0.2) is 48.5 Å². The Labute approximate surface area is 124 Å². The number of rotatable bonds is 4. The Kier molecular flexibility index (Phi) is 4.30. The van der Waals surface area contributed by atoms with Crippen molar-refractivity contribution in [1.82, 2.24) is 0 Å². The standard InChI is InChI=1S/C16H11F3O3/c17-16(18,19)12-7-3-1-5-10(12)14(21)9-15(22)11-6-2-4-8-13(11)20/h1-8,20H,9H2. The van der Waals surface area contributed by atoms with Gasteiger partial charge in [-0.1, -0.05) is 30.3 Å². The van der Waals surface area contributed by atoms with Crippen molar-refractivity contribution in [3.8, 4) is 5.75 Å². The summed E-state index contributed by atoms with van der Waals surface area (Å²) >= 11 is 0. The molecule has 0 aliphatic rings. The Bertz CT molecular complexity index is 721. The normalized spacial score (nSPS) is 11.2. The molecule has 0 unspecified atom stereocenters. The summed E-state index contributed by atoms with van der Waals surface area (Å²) in [6.07, 6.45) is -5.42. The lowest BCUT2D eigenvalue weighted by molar-refractivity contribution is -0.137. The van der Waals surface area contributed by atoms with Gasteiger partial charge in [-0.25, -0.2) is 0 Å². The van der Waals surface area contributed by atoms with Gasteiger partial charge in [-0.05, 0) is 18.2 Å². The van der Waals surface area contributed by atoms with Crippen LogP contribution in [-0.4, -0.2) is 16.7 Å². The number of hydrogen-bond donors (Lipinski definition) is 1. The highest BCUT2D eigenvalue weighted by Gasteiger charge is 2.35. The lowest BCUT2D eigenvalue weighted by Crippen LogP contribution is -2.15. The molecule has 0 aliphatic heterocycles. The van der Waals surface area contributed by atoms with Gasteiger partial charge in [0.25, 0.3) is 0 Å². The van der Waals surface area contributed by atoms with Crippen molar-refractivity contribution in [3.63, 3.8) is 0 Å². The van der Waals surface area contributed by atoms with Crippen molar-refractivity contribution < 1.29 is 27.9 Å². The van der Waals surface area contributed by atoms with E-state index in [9.17, 15) is 27.9 Å². The zero-order valence-corrected chi connectivity index (χ0v) is 11.2. The number of ketones is 2. The maximum atomic E-state index is 12.9. The van der Waals surface area contributed by atoms with Crippen molar-refractivity contribution in [3.05, 3.63) is 65.2 Å². The van der Waals surface area contributed by atoms with Gasteiger partial charge in [0.15, 0.2) is 11.6 Å². The summed E-state index contributed by atoms with van der Waals surface area (Å²) in [6, 6.07) is 9.84. The molecule has 0 atom stereocenters. The van der Waals surface area contributed by atoms with E-state index in [0.29, 0.717) is 0 Å². The van der Waals surface area contributed by atoms with Crippen LogP contribution in [0, 0.1) is 0 Å². The first-order chi connectivity index (χ1) is 10.3. The van der Waals surface area contributed by atoms with Crippen LogP contribution in [-0.2, 0) is 6.18 Å². The lowest BCUT2D eigenvalue weighted by Gasteiger charge is -2.11. The molecule has 0 saturated carbocycles. The Morgan fingerprint density at radius 3 is 1.95 bits per heavy atom. The second kappa shape index (κ2) is 6.01. The number of alkyl halides is 3. The summed E-state index contributed by atoms with van der Waals surface area (Å²) in [5.74, 6) is -1.99. The molecule has 22 heavy (non-hydrogen) atoms. The molecule has 0 spiro atoms. The summed E-state index contributed by atoms with van der Waals surface area (Å²) in [6.45, 7) is 0. The molecule has 114 valence electrons. The molecule has 3 nitrogen and oxygen atoms in total. The van der Waals surface area contributed by atoms with Gasteiger partial charge in [0.2, 0.25) is 0 Å². The van der Waals surface area contributed by atoms with E-state index in [0.717, 1.165) is 12.1 Å². The van der Waals surface area contributed by atoms with E-state index < -0.39 is 35.3 Å². The highest BCUT2D eigenvalue weighted by atomic mass is 19.4. The van der Waals surface area contributed by atoms with Gasteiger partial charge in [-0.15, -0.1) is 0 Å². The summed E-state index contributed by atoms with van der Waals surface area (Å²) in [4.78, 5) is 24.0. The largest absolute Gasteiger partial charge is 0.507 e. The quantitative estimate of drug-likeness (QED) is 0.689. The van der Waals surface area contributed by atoms with Gasteiger partial charge in [0.1, 0.15) is 5.75 Å². The van der Waals surface area contributed by atoms with Crippen LogP contribution in [0.5, 0.6) is 5.75 Å². The van der Waals surface area contributed by atoms with Crippen LogP contribution in [0.4, 0.5) is 13.2 Å². The lowest BCUT2D eigenvalue weighted by atomic mass is 9.97. The van der Waals surface area contributed by atoms with Crippen LogP contribution in [0.2, 0.25) is 0 Å². The van der Waals surface area contributed by atoms with Gasteiger partial charge < -0.3 is 5.11 Å². The van der Waals surface area contributed by atoms with Gasteiger partial charge in [-0.3, -0.25) is 9.59 Å². The minimum absolute atomic E-state index is 0.0969. The predicted molar refractivity (Wildman–Crippen MR) is 72.8 cm³/mol. The molecule has 2 rings (SSSR count).